The molecule has 1 aromatic rings. The number of aromatic nitrogens is 1. The lowest BCUT2D eigenvalue weighted by Crippen LogP contribution is -2.16. The summed E-state index contributed by atoms with van der Waals surface area (Å²) >= 11 is 3.07. The van der Waals surface area contributed by atoms with Gasteiger partial charge in [-0.2, -0.15) is 0 Å². The Hall–Kier alpha value is -1.17. The van der Waals surface area contributed by atoms with E-state index in [-0.39, 0.29) is 11.7 Å². The van der Waals surface area contributed by atoms with Gasteiger partial charge in [-0.25, -0.2) is 9.37 Å². The van der Waals surface area contributed by atoms with Crippen LogP contribution in [0, 0.1) is 5.82 Å². The quantitative estimate of drug-likeness (QED) is 0.352. The van der Waals surface area contributed by atoms with Crippen molar-refractivity contribution < 1.29 is 4.39 Å². The molecule has 1 rings (SSSR count). The standard InChI is InChI=1S/C7H8BrFN4/c8-3-13-7(11)5-1-4(9)2-12-6(5)10/h1-2H,3H2,(H2,10,12)(H2,11,13). The molecule has 0 aliphatic rings. The van der Waals surface area contributed by atoms with Crippen molar-refractivity contribution in [3.05, 3.63) is 23.6 Å². The number of hydrogen-bond donors (Lipinski definition) is 2. The van der Waals surface area contributed by atoms with E-state index >= 15 is 0 Å². The van der Waals surface area contributed by atoms with E-state index < -0.39 is 5.82 Å². The van der Waals surface area contributed by atoms with Crippen LogP contribution in [0.3, 0.4) is 0 Å². The first-order valence-electron chi connectivity index (χ1n) is 3.42. The van der Waals surface area contributed by atoms with E-state index in [1.54, 1.807) is 0 Å². The number of halogens is 2. The Morgan fingerprint density at radius 3 is 3.00 bits per heavy atom. The monoisotopic (exact) mass is 246 g/mol. The molecule has 4 nitrogen and oxygen atoms in total. The van der Waals surface area contributed by atoms with E-state index in [1.165, 1.54) is 6.07 Å². The highest BCUT2D eigenvalue weighted by molar-refractivity contribution is 9.09. The molecule has 0 radical (unpaired) electrons. The first-order valence-corrected chi connectivity index (χ1v) is 4.54. The number of pyridine rings is 1. The highest BCUT2D eigenvalue weighted by atomic mass is 79.9. The molecule has 0 spiro atoms. The lowest BCUT2D eigenvalue weighted by Gasteiger charge is -2.02. The van der Waals surface area contributed by atoms with E-state index in [2.05, 4.69) is 25.9 Å². The minimum atomic E-state index is -0.489. The zero-order valence-corrected chi connectivity index (χ0v) is 8.25. The third-order valence-corrected chi connectivity index (χ3v) is 1.64. The number of anilines is 1. The lowest BCUT2D eigenvalue weighted by atomic mass is 10.2. The molecule has 0 saturated carbocycles. The van der Waals surface area contributed by atoms with Gasteiger partial charge < -0.3 is 11.5 Å². The molecular weight excluding hydrogens is 239 g/mol. The van der Waals surface area contributed by atoms with Crippen molar-refractivity contribution in [2.24, 2.45) is 10.7 Å². The van der Waals surface area contributed by atoms with Crippen LogP contribution in [0.4, 0.5) is 10.2 Å². The van der Waals surface area contributed by atoms with Crippen molar-refractivity contribution in [1.82, 2.24) is 4.98 Å². The van der Waals surface area contributed by atoms with Crippen LogP contribution in [0.25, 0.3) is 0 Å². The van der Waals surface area contributed by atoms with Crippen LogP contribution in [-0.2, 0) is 0 Å². The smallest absolute Gasteiger partial charge is 0.142 e. The summed E-state index contributed by atoms with van der Waals surface area (Å²) < 4.78 is 12.7. The topological polar surface area (TPSA) is 77.3 Å². The van der Waals surface area contributed by atoms with E-state index in [1.807, 2.05) is 0 Å². The Labute approximate surface area is 83.0 Å². The minimum Gasteiger partial charge on any atom is -0.383 e. The second-order valence-corrected chi connectivity index (χ2v) is 2.75. The molecule has 0 bridgehead atoms. The zero-order valence-electron chi connectivity index (χ0n) is 6.67. The van der Waals surface area contributed by atoms with Gasteiger partial charge in [0.1, 0.15) is 17.5 Å². The first kappa shape index (κ1) is 9.91. The molecule has 0 amide bonds. The van der Waals surface area contributed by atoms with Gasteiger partial charge in [0.15, 0.2) is 0 Å². The number of nitrogens with two attached hydrogens (primary N) is 2. The van der Waals surface area contributed by atoms with E-state index in [0.29, 0.717) is 11.0 Å². The maximum absolute atomic E-state index is 12.7. The van der Waals surface area contributed by atoms with Crippen molar-refractivity contribution >= 4 is 27.6 Å². The predicted octanol–water partition coefficient (Wildman–Crippen LogP) is 0.861. The predicted molar refractivity (Wildman–Crippen MR) is 53.1 cm³/mol. The zero-order chi connectivity index (χ0) is 9.84. The summed E-state index contributed by atoms with van der Waals surface area (Å²) in [5.41, 5.74) is 11.6. The minimum absolute atomic E-state index is 0.168. The average Bonchev–Trinajstić information content (AvgIpc) is 2.09. The maximum atomic E-state index is 12.7. The number of hydrogen-bond acceptors (Lipinski definition) is 3. The summed E-state index contributed by atoms with van der Waals surface area (Å²) in [6, 6.07) is 1.20. The van der Waals surface area contributed by atoms with Crippen molar-refractivity contribution in [1.29, 1.82) is 0 Å². The van der Waals surface area contributed by atoms with Gasteiger partial charge in [-0.3, -0.25) is 4.99 Å². The summed E-state index contributed by atoms with van der Waals surface area (Å²) in [6.07, 6.45) is 1.03. The molecule has 0 aromatic carbocycles. The number of rotatable bonds is 2. The normalized spacial score (nSPS) is 11.7. The van der Waals surface area contributed by atoms with Gasteiger partial charge in [-0.1, -0.05) is 15.9 Å². The summed E-state index contributed by atoms with van der Waals surface area (Å²) in [6.45, 7) is 0. The Balaban J connectivity index is 3.13. The van der Waals surface area contributed by atoms with Gasteiger partial charge in [-0.15, -0.1) is 0 Å². The SMILES string of the molecule is N/C(=N\CBr)c1cc(F)cnc1N. The molecular formula is C7H8BrFN4. The van der Waals surface area contributed by atoms with Crippen molar-refractivity contribution in [3.8, 4) is 0 Å². The fraction of sp³-hybridized carbons (Fsp3) is 0.143. The van der Waals surface area contributed by atoms with Crippen LogP contribution >= 0.6 is 15.9 Å². The molecule has 0 aliphatic heterocycles. The van der Waals surface area contributed by atoms with Gasteiger partial charge in [-0.05, 0) is 6.07 Å². The van der Waals surface area contributed by atoms with Crippen LogP contribution in [0.1, 0.15) is 5.56 Å². The third kappa shape index (κ3) is 2.38. The summed E-state index contributed by atoms with van der Waals surface area (Å²) in [7, 11) is 0. The molecule has 13 heavy (non-hydrogen) atoms. The van der Waals surface area contributed by atoms with Gasteiger partial charge in [0.05, 0.1) is 17.2 Å². The molecule has 0 saturated heterocycles. The number of nitrogen functional groups attached to an aromatic ring is 1. The van der Waals surface area contributed by atoms with Gasteiger partial charge in [0, 0.05) is 0 Å². The number of amidine groups is 1. The van der Waals surface area contributed by atoms with Crippen LogP contribution in [-0.4, -0.2) is 16.3 Å². The highest BCUT2D eigenvalue weighted by Crippen LogP contribution is 2.09. The fourth-order valence-corrected chi connectivity index (χ4v) is 1.07. The van der Waals surface area contributed by atoms with Crippen molar-refractivity contribution in [2.75, 3.05) is 11.2 Å². The molecule has 70 valence electrons. The fourth-order valence-electron chi connectivity index (χ4n) is 0.805. The number of aliphatic imine (C=N–C) groups is 1. The number of nitrogens with zero attached hydrogens (tertiary/aromatic N) is 2. The molecule has 4 N–H and O–H groups in total. The molecule has 0 aliphatic carbocycles. The van der Waals surface area contributed by atoms with Crippen molar-refractivity contribution in [2.45, 2.75) is 0 Å². The molecule has 0 fully saturated rings. The second kappa shape index (κ2) is 4.18. The number of alkyl halides is 1. The average molecular weight is 247 g/mol. The Kier molecular flexibility index (Phi) is 3.18. The third-order valence-electron chi connectivity index (χ3n) is 1.39. The van der Waals surface area contributed by atoms with Gasteiger partial charge in [0.25, 0.3) is 0 Å². The first-order chi connectivity index (χ1) is 6.15. The summed E-state index contributed by atoms with van der Waals surface area (Å²) in [4.78, 5) is 7.43. The molecule has 1 aromatic heterocycles. The summed E-state index contributed by atoms with van der Waals surface area (Å²) in [5, 5.41) is 0. The largest absolute Gasteiger partial charge is 0.383 e. The van der Waals surface area contributed by atoms with Crippen LogP contribution < -0.4 is 11.5 Å². The van der Waals surface area contributed by atoms with Crippen LogP contribution in [0.5, 0.6) is 0 Å². The van der Waals surface area contributed by atoms with E-state index in [9.17, 15) is 4.39 Å². The Morgan fingerprint density at radius 1 is 1.69 bits per heavy atom. The lowest BCUT2D eigenvalue weighted by molar-refractivity contribution is 0.621. The van der Waals surface area contributed by atoms with Crippen molar-refractivity contribution in [3.63, 3.8) is 0 Å². The highest BCUT2D eigenvalue weighted by Gasteiger charge is 2.05. The Bertz CT molecular complexity index is 339. The molecule has 1 heterocycles. The molecule has 0 unspecified atom stereocenters. The van der Waals surface area contributed by atoms with E-state index in [4.69, 9.17) is 11.5 Å². The molecule has 0 atom stereocenters. The molecule has 6 heteroatoms. The van der Waals surface area contributed by atoms with Gasteiger partial charge in [0.2, 0.25) is 0 Å². The van der Waals surface area contributed by atoms with Crippen LogP contribution in [0.15, 0.2) is 17.3 Å². The second-order valence-electron chi connectivity index (χ2n) is 2.25. The summed E-state index contributed by atoms with van der Waals surface area (Å²) in [5.74, 6) is -0.151. The Morgan fingerprint density at radius 2 is 2.38 bits per heavy atom. The van der Waals surface area contributed by atoms with Gasteiger partial charge >= 0.3 is 0 Å². The van der Waals surface area contributed by atoms with Crippen LogP contribution in [0.2, 0.25) is 0 Å². The maximum Gasteiger partial charge on any atom is 0.142 e. The van der Waals surface area contributed by atoms with E-state index in [0.717, 1.165) is 6.20 Å².